The zero-order valence-electron chi connectivity index (χ0n) is 18.8. The molecule has 4 rings (SSSR count). The van der Waals surface area contributed by atoms with Crippen LogP contribution in [0.2, 0.25) is 0 Å². The highest BCUT2D eigenvalue weighted by molar-refractivity contribution is 8.00. The molecule has 0 unspecified atom stereocenters. The molecule has 0 atom stereocenters. The molecule has 0 saturated carbocycles. The minimum absolute atomic E-state index is 0.0176. The lowest BCUT2D eigenvalue weighted by Gasteiger charge is -2.13. The number of pyridine rings is 1. The number of carbonyl (C=O) groups excluding carboxylic acids is 1. The van der Waals surface area contributed by atoms with Crippen molar-refractivity contribution in [3.63, 3.8) is 0 Å². The van der Waals surface area contributed by atoms with E-state index in [1.807, 2.05) is 66.7 Å². The maximum atomic E-state index is 12.7. The Morgan fingerprint density at radius 1 is 1.03 bits per heavy atom. The summed E-state index contributed by atoms with van der Waals surface area (Å²) < 4.78 is 0. The third-order valence-electron chi connectivity index (χ3n) is 5.30. The molecule has 0 bridgehead atoms. The van der Waals surface area contributed by atoms with Gasteiger partial charge in [-0.1, -0.05) is 78.5 Å². The number of non-ortho nitro benzene ring substituents is 1. The van der Waals surface area contributed by atoms with Gasteiger partial charge >= 0.3 is 0 Å². The number of benzene rings is 3. The number of hydrogen-bond donors (Lipinski definition) is 1. The largest absolute Gasteiger partial charge is 0.325 e. The highest BCUT2D eigenvalue weighted by atomic mass is 32.2. The molecule has 0 aliphatic rings. The van der Waals surface area contributed by atoms with E-state index in [0.29, 0.717) is 27.5 Å². The van der Waals surface area contributed by atoms with Gasteiger partial charge in [-0.2, -0.15) is 5.26 Å². The normalized spacial score (nSPS) is 10.4. The number of amides is 1. The Morgan fingerprint density at radius 3 is 2.31 bits per heavy atom. The second-order valence-corrected chi connectivity index (χ2v) is 8.64. The fraction of sp³-hybridized carbons (Fsp3) is 0.0741. The number of hydrogen-bond acceptors (Lipinski definition) is 6. The molecule has 7 nitrogen and oxygen atoms in total. The fourth-order valence-corrected chi connectivity index (χ4v) is 4.32. The van der Waals surface area contributed by atoms with Crippen LogP contribution < -0.4 is 5.32 Å². The topological polar surface area (TPSA) is 109 Å². The molecule has 0 fully saturated rings. The van der Waals surface area contributed by atoms with Crippen LogP contribution in [0, 0.1) is 28.4 Å². The SMILES string of the molecule is Cc1ccc([N+](=O)[O-])cc1NC(=O)CSc1nc(-c2ccccc2)cc(-c2ccccc2)c1C#N. The summed E-state index contributed by atoms with van der Waals surface area (Å²) in [4.78, 5) is 28.0. The van der Waals surface area contributed by atoms with Gasteiger partial charge in [-0.25, -0.2) is 4.98 Å². The molecule has 0 radical (unpaired) electrons. The van der Waals surface area contributed by atoms with Gasteiger partial charge in [0.05, 0.1) is 27.6 Å². The van der Waals surface area contributed by atoms with Crippen LogP contribution in [0.1, 0.15) is 11.1 Å². The summed E-state index contributed by atoms with van der Waals surface area (Å²) in [6.45, 7) is 1.76. The molecule has 0 aliphatic carbocycles. The maximum absolute atomic E-state index is 12.7. The van der Waals surface area contributed by atoms with E-state index < -0.39 is 4.92 Å². The Hall–Kier alpha value is -4.48. The van der Waals surface area contributed by atoms with Gasteiger partial charge < -0.3 is 5.32 Å². The number of thioether (sulfide) groups is 1. The molecule has 0 aliphatic heterocycles. The van der Waals surface area contributed by atoms with E-state index in [-0.39, 0.29) is 17.3 Å². The van der Waals surface area contributed by atoms with Crippen molar-refractivity contribution in [2.24, 2.45) is 0 Å². The first-order valence-corrected chi connectivity index (χ1v) is 11.7. The van der Waals surface area contributed by atoms with Crippen molar-refractivity contribution in [2.45, 2.75) is 11.9 Å². The minimum atomic E-state index is -0.507. The zero-order chi connectivity index (χ0) is 24.8. The van der Waals surface area contributed by atoms with Crippen molar-refractivity contribution in [1.29, 1.82) is 5.26 Å². The number of carbonyl (C=O) groups is 1. The zero-order valence-corrected chi connectivity index (χ0v) is 19.6. The van der Waals surface area contributed by atoms with Gasteiger partial charge in [0.25, 0.3) is 5.69 Å². The van der Waals surface area contributed by atoms with Crippen LogP contribution in [0.5, 0.6) is 0 Å². The Kier molecular flexibility index (Phi) is 7.19. The standard InChI is InChI=1S/C27H20N4O3S/c1-18-12-13-21(31(33)34)14-24(18)29-26(32)17-35-27-23(16-28)22(19-8-4-2-5-9-19)15-25(30-27)20-10-6-3-7-11-20/h2-15H,17H2,1H3,(H,29,32). The first-order valence-electron chi connectivity index (χ1n) is 10.7. The van der Waals surface area contributed by atoms with Crippen molar-refractivity contribution in [1.82, 2.24) is 4.98 Å². The van der Waals surface area contributed by atoms with Gasteiger partial charge in [0.1, 0.15) is 11.1 Å². The van der Waals surface area contributed by atoms with Crippen molar-refractivity contribution in [2.75, 3.05) is 11.1 Å². The van der Waals surface area contributed by atoms with E-state index in [4.69, 9.17) is 4.98 Å². The summed E-state index contributed by atoms with van der Waals surface area (Å²) in [6.07, 6.45) is 0. The molecule has 172 valence electrons. The summed E-state index contributed by atoms with van der Waals surface area (Å²) in [5.41, 5.74) is 4.58. The number of nitro groups is 1. The second kappa shape index (κ2) is 10.6. The lowest BCUT2D eigenvalue weighted by atomic mass is 9.99. The predicted octanol–water partition coefficient (Wildman–Crippen LogP) is 6.23. The highest BCUT2D eigenvalue weighted by Gasteiger charge is 2.18. The molecular formula is C27H20N4O3S. The van der Waals surface area contributed by atoms with E-state index >= 15 is 0 Å². The summed E-state index contributed by atoms with van der Waals surface area (Å²) in [6, 6.07) is 27.7. The fourth-order valence-electron chi connectivity index (χ4n) is 3.51. The van der Waals surface area contributed by atoms with Crippen LogP contribution in [0.25, 0.3) is 22.4 Å². The van der Waals surface area contributed by atoms with Crippen LogP contribution >= 0.6 is 11.8 Å². The number of aryl methyl sites for hydroxylation is 1. The quantitative estimate of drug-likeness (QED) is 0.191. The van der Waals surface area contributed by atoms with Crippen LogP contribution in [0.4, 0.5) is 11.4 Å². The minimum Gasteiger partial charge on any atom is -0.325 e. The molecule has 8 heteroatoms. The molecule has 3 aromatic carbocycles. The molecule has 35 heavy (non-hydrogen) atoms. The molecule has 0 spiro atoms. The van der Waals surface area contributed by atoms with E-state index in [9.17, 15) is 20.2 Å². The number of nitrogens with zero attached hydrogens (tertiary/aromatic N) is 3. The van der Waals surface area contributed by atoms with Crippen LogP contribution in [-0.2, 0) is 4.79 Å². The van der Waals surface area contributed by atoms with E-state index in [1.165, 1.54) is 12.1 Å². The molecule has 0 saturated heterocycles. The highest BCUT2D eigenvalue weighted by Crippen LogP contribution is 2.34. The summed E-state index contributed by atoms with van der Waals surface area (Å²) >= 11 is 1.15. The molecule has 1 amide bonds. The molecular weight excluding hydrogens is 460 g/mol. The number of nitriles is 1. The lowest BCUT2D eigenvalue weighted by Crippen LogP contribution is -2.15. The van der Waals surface area contributed by atoms with Crippen molar-refractivity contribution >= 4 is 29.0 Å². The van der Waals surface area contributed by atoms with Crippen molar-refractivity contribution in [3.05, 3.63) is 106 Å². The number of rotatable bonds is 7. The molecule has 1 heterocycles. The predicted molar refractivity (Wildman–Crippen MR) is 137 cm³/mol. The molecule has 1 N–H and O–H groups in total. The summed E-state index contributed by atoms with van der Waals surface area (Å²) in [5, 5.41) is 24.2. The van der Waals surface area contributed by atoms with Gasteiger partial charge in [0, 0.05) is 23.3 Å². The van der Waals surface area contributed by atoms with E-state index in [2.05, 4.69) is 11.4 Å². The van der Waals surface area contributed by atoms with Gasteiger partial charge in [-0.3, -0.25) is 14.9 Å². The van der Waals surface area contributed by atoms with E-state index in [1.54, 1.807) is 13.0 Å². The summed E-state index contributed by atoms with van der Waals surface area (Å²) in [5.74, 6) is -0.369. The first kappa shape index (κ1) is 23.7. The maximum Gasteiger partial charge on any atom is 0.271 e. The van der Waals surface area contributed by atoms with Gasteiger partial charge in [-0.05, 0) is 24.1 Å². The number of aromatic nitrogens is 1. The van der Waals surface area contributed by atoms with E-state index in [0.717, 1.165) is 28.5 Å². The number of anilines is 1. The van der Waals surface area contributed by atoms with Crippen LogP contribution in [-0.4, -0.2) is 21.6 Å². The smallest absolute Gasteiger partial charge is 0.271 e. The summed E-state index contributed by atoms with van der Waals surface area (Å²) in [7, 11) is 0. The average Bonchev–Trinajstić information content (AvgIpc) is 2.89. The van der Waals surface area contributed by atoms with Gasteiger partial charge in [0.15, 0.2) is 0 Å². The third-order valence-corrected chi connectivity index (χ3v) is 6.27. The molecule has 1 aromatic heterocycles. The Balaban J connectivity index is 1.65. The Morgan fingerprint density at radius 2 is 1.69 bits per heavy atom. The Labute approximate surface area is 206 Å². The van der Waals surface area contributed by atoms with Crippen molar-refractivity contribution in [3.8, 4) is 28.5 Å². The van der Waals surface area contributed by atoms with Gasteiger partial charge in [0.2, 0.25) is 5.91 Å². The lowest BCUT2D eigenvalue weighted by molar-refractivity contribution is -0.384. The molecule has 4 aromatic rings. The number of nitro benzene ring substituents is 1. The number of nitrogens with one attached hydrogen (secondary N) is 1. The monoisotopic (exact) mass is 480 g/mol. The third kappa shape index (κ3) is 5.54. The van der Waals surface area contributed by atoms with Gasteiger partial charge in [-0.15, -0.1) is 0 Å². The average molecular weight is 481 g/mol. The van der Waals surface area contributed by atoms with Crippen LogP contribution in [0.15, 0.2) is 90.0 Å². The Bertz CT molecular complexity index is 1430. The second-order valence-electron chi connectivity index (χ2n) is 7.67. The van der Waals surface area contributed by atoms with Crippen LogP contribution in [0.3, 0.4) is 0 Å². The van der Waals surface area contributed by atoms with Crippen molar-refractivity contribution < 1.29 is 9.72 Å². The first-order chi connectivity index (χ1) is 17.0.